The summed E-state index contributed by atoms with van der Waals surface area (Å²) in [5, 5.41) is 1.23. The monoisotopic (exact) mass is 251 g/mol. The molecular formula is C17H17NO. The van der Waals surface area contributed by atoms with E-state index >= 15 is 0 Å². The van der Waals surface area contributed by atoms with Crippen LogP contribution in [-0.4, -0.2) is 4.98 Å². The summed E-state index contributed by atoms with van der Waals surface area (Å²) in [6, 6.07) is 14.6. The van der Waals surface area contributed by atoms with Gasteiger partial charge in [0.2, 0.25) is 0 Å². The lowest BCUT2D eigenvalue weighted by molar-refractivity contribution is 0.307. The van der Waals surface area contributed by atoms with Crippen molar-refractivity contribution in [2.75, 3.05) is 0 Å². The van der Waals surface area contributed by atoms with Crippen molar-refractivity contribution in [1.29, 1.82) is 0 Å². The second-order valence-corrected chi connectivity index (χ2v) is 4.96. The van der Waals surface area contributed by atoms with Crippen molar-refractivity contribution in [2.45, 2.75) is 20.5 Å². The minimum atomic E-state index is 0.589. The van der Waals surface area contributed by atoms with Crippen LogP contribution in [0.5, 0.6) is 5.75 Å². The Morgan fingerprint density at radius 3 is 2.47 bits per heavy atom. The Hall–Kier alpha value is -2.22. The summed E-state index contributed by atoms with van der Waals surface area (Å²) in [5.41, 5.74) is 4.87. The predicted octanol–water partition coefficient (Wildman–Crippen LogP) is 4.36. The molecule has 1 heterocycles. The van der Waals surface area contributed by atoms with Crippen LogP contribution in [0, 0.1) is 13.8 Å². The maximum Gasteiger partial charge on any atom is 0.119 e. The van der Waals surface area contributed by atoms with Gasteiger partial charge in [-0.25, -0.2) is 0 Å². The van der Waals surface area contributed by atoms with E-state index in [-0.39, 0.29) is 0 Å². The van der Waals surface area contributed by atoms with Crippen molar-refractivity contribution in [3.05, 3.63) is 65.4 Å². The number of H-pyrrole nitrogens is 1. The van der Waals surface area contributed by atoms with E-state index in [1.807, 2.05) is 18.3 Å². The van der Waals surface area contributed by atoms with E-state index in [9.17, 15) is 0 Å². The second kappa shape index (κ2) is 4.81. The summed E-state index contributed by atoms with van der Waals surface area (Å²) >= 11 is 0. The van der Waals surface area contributed by atoms with Crippen molar-refractivity contribution >= 4 is 10.9 Å². The molecule has 1 aromatic heterocycles. The number of hydrogen-bond donors (Lipinski definition) is 1. The van der Waals surface area contributed by atoms with E-state index in [2.05, 4.69) is 49.2 Å². The van der Waals surface area contributed by atoms with Crippen LogP contribution in [0.3, 0.4) is 0 Å². The lowest BCUT2D eigenvalue weighted by Gasteiger charge is -2.05. The summed E-state index contributed by atoms with van der Waals surface area (Å²) in [7, 11) is 0. The highest BCUT2D eigenvalue weighted by atomic mass is 16.5. The van der Waals surface area contributed by atoms with Crippen molar-refractivity contribution in [2.24, 2.45) is 0 Å². The molecule has 19 heavy (non-hydrogen) atoms. The molecule has 2 heteroatoms. The lowest BCUT2D eigenvalue weighted by Crippen LogP contribution is -1.94. The molecule has 0 amide bonds. The average Bonchev–Trinajstić information content (AvgIpc) is 2.80. The molecule has 3 rings (SSSR count). The fourth-order valence-corrected chi connectivity index (χ4v) is 2.22. The predicted molar refractivity (Wildman–Crippen MR) is 78.5 cm³/mol. The molecule has 0 aliphatic carbocycles. The first-order chi connectivity index (χ1) is 9.22. The van der Waals surface area contributed by atoms with Gasteiger partial charge >= 0.3 is 0 Å². The molecule has 0 radical (unpaired) electrons. The molecule has 0 saturated heterocycles. The normalized spacial score (nSPS) is 10.8. The van der Waals surface area contributed by atoms with Gasteiger partial charge in [-0.3, -0.25) is 0 Å². The van der Waals surface area contributed by atoms with Crippen LogP contribution >= 0.6 is 0 Å². The molecule has 2 aromatic carbocycles. The number of benzene rings is 2. The zero-order valence-corrected chi connectivity index (χ0v) is 11.2. The van der Waals surface area contributed by atoms with Gasteiger partial charge in [0, 0.05) is 22.7 Å². The summed E-state index contributed by atoms with van der Waals surface area (Å²) in [6.07, 6.45) is 2.03. The minimum Gasteiger partial charge on any atom is -0.489 e. The van der Waals surface area contributed by atoms with Crippen LogP contribution in [0.2, 0.25) is 0 Å². The van der Waals surface area contributed by atoms with Crippen LogP contribution in [0.4, 0.5) is 0 Å². The van der Waals surface area contributed by atoms with Gasteiger partial charge in [-0.2, -0.15) is 0 Å². The van der Waals surface area contributed by atoms with Crippen LogP contribution in [0.15, 0.2) is 48.7 Å². The first kappa shape index (κ1) is 11.8. The van der Waals surface area contributed by atoms with Crippen LogP contribution in [0.1, 0.15) is 16.7 Å². The average molecular weight is 251 g/mol. The topological polar surface area (TPSA) is 25.0 Å². The third-order valence-corrected chi connectivity index (χ3v) is 3.34. The van der Waals surface area contributed by atoms with E-state index in [0.717, 1.165) is 5.75 Å². The quantitative estimate of drug-likeness (QED) is 0.735. The van der Waals surface area contributed by atoms with Crippen molar-refractivity contribution in [3.63, 3.8) is 0 Å². The third-order valence-electron chi connectivity index (χ3n) is 3.34. The fourth-order valence-electron chi connectivity index (χ4n) is 2.22. The molecule has 2 nitrogen and oxygen atoms in total. The Labute approximate surface area is 113 Å². The number of hydrogen-bond acceptors (Lipinski definition) is 1. The number of aryl methyl sites for hydroxylation is 2. The zero-order chi connectivity index (χ0) is 13.2. The van der Waals surface area contributed by atoms with Gasteiger partial charge in [-0.1, -0.05) is 29.8 Å². The highest BCUT2D eigenvalue weighted by Crippen LogP contribution is 2.21. The molecule has 0 aliphatic heterocycles. The molecule has 1 N–H and O–H groups in total. The highest BCUT2D eigenvalue weighted by molar-refractivity contribution is 5.83. The Morgan fingerprint density at radius 2 is 1.68 bits per heavy atom. The highest BCUT2D eigenvalue weighted by Gasteiger charge is 2.04. The van der Waals surface area contributed by atoms with Crippen molar-refractivity contribution < 1.29 is 4.74 Å². The smallest absolute Gasteiger partial charge is 0.119 e. The molecule has 0 spiro atoms. The Bertz CT molecular complexity index is 695. The molecule has 3 aromatic rings. The zero-order valence-electron chi connectivity index (χ0n) is 11.2. The summed E-state index contributed by atoms with van der Waals surface area (Å²) in [4.78, 5) is 3.29. The molecule has 0 bridgehead atoms. The Balaban J connectivity index is 1.80. The van der Waals surface area contributed by atoms with Crippen LogP contribution in [-0.2, 0) is 6.61 Å². The number of aromatic nitrogens is 1. The first-order valence-corrected chi connectivity index (χ1v) is 6.48. The Morgan fingerprint density at radius 1 is 0.947 bits per heavy atom. The fraction of sp³-hybridized carbons (Fsp3) is 0.176. The van der Waals surface area contributed by atoms with Gasteiger partial charge in [0.15, 0.2) is 0 Å². The summed E-state index contributed by atoms with van der Waals surface area (Å²) in [5.74, 6) is 0.909. The van der Waals surface area contributed by atoms with E-state index in [1.54, 1.807) is 0 Å². The van der Waals surface area contributed by atoms with Gasteiger partial charge in [0.05, 0.1) is 0 Å². The summed E-state index contributed by atoms with van der Waals surface area (Å²) < 4.78 is 5.82. The number of nitrogens with one attached hydrogen (secondary N) is 1. The largest absolute Gasteiger partial charge is 0.489 e. The molecule has 0 atom stereocenters. The molecule has 0 unspecified atom stereocenters. The molecule has 0 fully saturated rings. The van der Waals surface area contributed by atoms with E-state index < -0.39 is 0 Å². The first-order valence-electron chi connectivity index (χ1n) is 6.48. The third kappa shape index (κ3) is 2.48. The van der Waals surface area contributed by atoms with Crippen LogP contribution in [0.25, 0.3) is 10.9 Å². The van der Waals surface area contributed by atoms with E-state index in [1.165, 1.54) is 27.6 Å². The minimum absolute atomic E-state index is 0.589. The second-order valence-electron chi connectivity index (χ2n) is 4.96. The van der Waals surface area contributed by atoms with Crippen molar-refractivity contribution in [3.8, 4) is 5.75 Å². The van der Waals surface area contributed by atoms with Gasteiger partial charge in [-0.15, -0.1) is 0 Å². The van der Waals surface area contributed by atoms with Gasteiger partial charge in [0.25, 0.3) is 0 Å². The van der Waals surface area contributed by atoms with Gasteiger partial charge < -0.3 is 9.72 Å². The van der Waals surface area contributed by atoms with Gasteiger partial charge in [0.1, 0.15) is 12.4 Å². The van der Waals surface area contributed by atoms with E-state index in [4.69, 9.17) is 4.74 Å². The maximum absolute atomic E-state index is 5.82. The number of rotatable bonds is 3. The maximum atomic E-state index is 5.82. The van der Waals surface area contributed by atoms with E-state index in [0.29, 0.717) is 6.61 Å². The number of fused-ring (bicyclic) bond motifs is 1. The standard InChI is InChI=1S/C17H17NO/c1-12-3-6-15(7-4-12)19-11-14-10-18-17-9-13(2)5-8-16(14)17/h3-10,18H,11H2,1-2H3. The number of aromatic amines is 1. The van der Waals surface area contributed by atoms with Gasteiger partial charge in [-0.05, 0) is 37.6 Å². The van der Waals surface area contributed by atoms with Crippen LogP contribution < -0.4 is 4.74 Å². The SMILES string of the molecule is Cc1ccc(OCc2c[nH]c3cc(C)ccc23)cc1. The van der Waals surface area contributed by atoms with Crippen molar-refractivity contribution in [1.82, 2.24) is 4.98 Å². The molecule has 0 saturated carbocycles. The molecule has 0 aliphatic rings. The molecular weight excluding hydrogens is 234 g/mol. The number of ether oxygens (including phenoxy) is 1. The molecule has 96 valence electrons. The Kier molecular flexibility index (Phi) is 3.00. The lowest BCUT2D eigenvalue weighted by atomic mass is 10.1. The summed E-state index contributed by atoms with van der Waals surface area (Å²) in [6.45, 7) is 4.76.